The number of rotatable bonds is 4. The van der Waals surface area contributed by atoms with Crippen LogP contribution in [0.2, 0.25) is 0 Å². The van der Waals surface area contributed by atoms with Crippen LogP contribution in [0.1, 0.15) is 5.56 Å². The van der Waals surface area contributed by atoms with Crippen LogP contribution >= 0.6 is 0 Å². The summed E-state index contributed by atoms with van der Waals surface area (Å²) in [6, 6.07) is 7.18. The lowest BCUT2D eigenvalue weighted by Gasteiger charge is -2.22. The van der Waals surface area contributed by atoms with E-state index in [1.54, 1.807) is 20.2 Å². The summed E-state index contributed by atoms with van der Waals surface area (Å²) in [5, 5.41) is 8.73. The largest absolute Gasteiger partial charge is 0.366 e. The molecule has 0 aliphatic carbocycles. The molecule has 0 aromatic heterocycles. The summed E-state index contributed by atoms with van der Waals surface area (Å²) in [5.41, 5.74) is 1.61. The zero-order valence-electron chi connectivity index (χ0n) is 12.9. The molecule has 120 valence electrons. The number of morpholine rings is 1. The highest BCUT2D eigenvalue weighted by molar-refractivity contribution is 5.89. The maximum atomic E-state index is 12.0. The molecule has 1 aliphatic rings. The predicted octanol–water partition coefficient (Wildman–Crippen LogP) is 0.385. The SMILES string of the molecule is CN(C)C(=O)Nc1cccc(CNC(=O)C2CNCCO2)c1. The van der Waals surface area contributed by atoms with Gasteiger partial charge in [0.25, 0.3) is 5.91 Å². The van der Waals surface area contributed by atoms with Gasteiger partial charge in [0.1, 0.15) is 6.10 Å². The van der Waals surface area contributed by atoms with Crippen molar-refractivity contribution in [1.82, 2.24) is 15.5 Å². The van der Waals surface area contributed by atoms with Gasteiger partial charge in [-0.3, -0.25) is 4.79 Å². The first-order valence-electron chi connectivity index (χ1n) is 7.23. The maximum absolute atomic E-state index is 12.0. The molecule has 22 heavy (non-hydrogen) atoms. The number of anilines is 1. The Hall–Kier alpha value is -2.12. The molecule has 7 nitrogen and oxygen atoms in total. The third kappa shape index (κ3) is 4.71. The van der Waals surface area contributed by atoms with Crippen molar-refractivity contribution < 1.29 is 14.3 Å². The van der Waals surface area contributed by atoms with Gasteiger partial charge < -0.3 is 25.6 Å². The highest BCUT2D eigenvalue weighted by Crippen LogP contribution is 2.11. The Balaban J connectivity index is 1.87. The minimum atomic E-state index is -0.439. The summed E-state index contributed by atoms with van der Waals surface area (Å²) in [7, 11) is 3.36. The number of hydrogen-bond acceptors (Lipinski definition) is 4. The zero-order valence-corrected chi connectivity index (χ0v) is 12.9. The quantitative estimate of drug-likeness (QED) is 0.751. The summed E-state index contributed by atoms with van der Waals surface area (Å²) >= 11 is 0. The molecular weight excluding hydrogens is 284 g/mol. The Kier molecular flexibility index (Phi) is 5.74. The second-order valence-corrected chi connectivity index (χ2v) is 5.31. The molecule has 3 N–H and O–H groups in total. The average molecular weight is 306 g/mol. The molecular formula is C15H22N4O3. The van der Waals surface area contributed by atoms with Crippen molar-refractivity contribution >= 4 is 17.6 Å². The van der Waals surface area contributed by atoms with Crippen LogP contribution in [0.25, 0.3) is 0 Å². The predicted molar refractivity (Wildman–Crippen MR) is 83.6 cm³/mol. The number of carbonyl (C=O) groups excluding carboxylic acids is 2. The van der Waals surface area contributed by atoms with Gasteiger partial charge in [-0.15, -0.1) is 0 Å². The Morgan fingerprint density at radius 2 is 2.23 bits per heavy atom. The second kappa shape index (κ2) is 7.77. The van der Waals surface area contributed by atoms with Crippen molar-refractivity contribution in [3.8, 4) is 0 Å². The maximum Gasteiger partial charge on any atom is 0.321 e. The smallest absolute Gasteiger partial charge is 0.321 e. The van der Waals surface area contributed by atoms with E-state index in [-0.39, 0.29) is 11.9 Å². The molecule has 0 saturated carbocycles. The lowest BCUT2D eigenvalue weighted by atomic mass is 10.2. The summed E-state index contributed by atoms with van der Waals surface area (Å²) in [5.74, 6) is -0.130. The van der Waals surface area contributed by atoms with Gasteiger partial charge in [-0.1, -0.05) is 12.1 Å². The molecule has 1 unspecified atom stereocenters. The topological polar surface area (TPSA) is 82.7 Å². The molecule has 1 saturated heterocycles. The number of nitrogens with zero attached hydrogens (tertiary/aromatic N) is 1. The third-order valence-corrected chi connectivity index (χ3v) is 3.27. The summed E-state index contributed by atoms with van der Waals surface area (Å²) < 4.78 is 5.39. The van der Waals surface area contributed by atoms with Crippen LogP contribution in [0.15, 0.2) is 24.3 Å². The van der Waals surface area contributed by atoms with E-state index in [0.717, 1.165) is 12.1 Å². The van der Waals surface area contributed by atoms with E-state index >= 15 is 0 Å². The number of hydrogen-bond donors (Lipinski definition) is 3. The van der Waals surface area contributed by atoms with Gasteiger partial charge in [-0.25, -0.2) is 4.79 Å². The fourth-order valence-corrected chi connectivity index (χ4v) is 2.03. The number of ether oxygens (including phenoxy) is 1. The molecule has 1 aliphatic heterocycles. The number of urea groups is 1. The number of benzene rings is 1. The average Bonchev–Trinajstić information content (AvgIpc) is 2.53. The summed E-state index contributed by atoms with van der Waals surface area (Å²) in [4.78, 5) is 25.0. The van der Waals surface area contributed by atoms with Gasteiger partial charge in [0, 0.05) is 39.4 Å². The van der Waals surface area contributed by atoms with Crippen molar-refractivity contribution in [2.45, 2.75) is 12.6 Å². The zero-order chi connectivity index (χ0) is 15.9. The normalized spacial score (nSPS) is 17.6. The highest BCUT2D eigenvalue weighted by atomic mass is 16.5. The third-order valence-electron chi connectivity index (χ3n) is 3.27. The van der Waals surface area contributed by atoms with Crippen molar-refractivity contribution in [3.05, 3.63) is 29.8 Å². The van der Waals surface area contributed by atoms with Gasteiger partial charge in [0.05, 0.1) is 6.61 Å². The van der Waals surface area contributed by atoms with E-state index in [4.69, 9.17) is 4.74 Å². The molecule has 1 atom stereocenters. The Bertz CT molecular complexity index is 527. The highest BCUT2D eigenvalue weighted by Gasteiger charge is 2.21. The molecule has 0 spiro atoms. The van der Waals surface area contributed by atoms with Crippen LogP contribution in [0, 0.1) is 0 Å². The molecule has 1 heterocycles. The summed E-state index contributed by atoms with van der Waals surface area (Å²) in [6.45, 7) is 2.25. The van der Waals surface area contributed by atoms with Crippen molar-refractivity contribution in [3.63, 3.8) is 0 Å². The molecule has 1 aromatic rings. The Labute approximate surface area is 130 Å². The van der Waals surface area contributed by atoms with E-state index in [1.165, 1.54) is 4.90 Å². The summed E-state index contributed by atoms with van der Waals surface area (Å²) in [6.07, 6.45) is -0.439. The Morgan fingerprint density at radius 3 is 2.91 bits per heavy atom. The monoisotopic (exact) mass is 306 g/mol. The van der Waals surface area contributed by atoms with Crippen LogP contribution < -0.4 is 16.0 Å². The van der Waals surface area contributed by atoms with Gasteiger partial charge in [-0.05, 0) is 17.7 Å². The van der Waals surface area contributed by atoms with Gasteiger partial charge in [0.2, 0.25) is 0 Å². The lowest BCUT2D eigenvalue weighted by molar-refractivity contribution is -0.134. The lowest BCUT2D eigenvalue weighted by Crippen LogP contribution is -2.47. The number of nitrogens with one attached hydrogen (secondary N) is 3. The van der Waals surface area contributed by atoms with Gasteiger partial charge in [-0.2, -0.15) is 0 Å². The first kappa shape index (κ1) is 16.3. The fourth-order valence-electron chi connectivity index (χ4n) is 2.03. The van der Waals surface area contributed by atoms with Gasteiger partial charge >= 0.3 is 6.03 Å². The Morgan fingerprint density at radius 1 is 1.41 bits per heavy atom. The number of carbonyl (C=O) groups is 2. The first-order chi connectivity index (χ1) is 10.6. The standard InChI is InChI=1S/C15H22N4O3/c1-19(2)15(21)18-12-5-3-4-11(8-12)9-17-14(20)13-10-16-6-7-22-13/h3-5,8,13,16H,6-7,9-10H2,1-2H3,(H,17,20)(H,18,21). The van der Waals surface area contributed by atoms with Crippen LogP contribution in [-0.4, -0.2) is 56.7 Å². The molecule has 0 radical (unpaired) electrons. The van der Waals surface area contributed by atoms with Crippen molar-refractivity contribution in [2.24, 2.45) is 0 Å². The molecule has 3 amide bonds. The van der Waals surface area contributed by atoms with Crippen LogP contribution in [-0.2, 0) is 16.1 Å². The molecule has 1 fully saturated rings. The second-order valence-electron chi connectivity index (χ2n) is 5.31. The molecule has 2 rings (SSSR count). The molecule has 7 heteroatoms. The van der Waals surface area contributed by atoms with Gasteiger partial charge in [0.15, 0.2) is 0 Å². The van der Waals surface area contributed by atoms with E-state index in [0.29, 0.717) is 25.4 Å². The fraction of sp³-hybridized carbons (Fsp3) is 0.467. The minimum Gasteiger partial charge on any atom is -0.366 e. The van der Waals surface area contributed by atoms with Crippen molar-refractivity contribution in [1.29, 1.82) is 0 Å². The van der Waals surface area contributed by atoms with Crippen molar-refractivity contribution in [2.75, 3.05) is 39.1 Å². The van der Waals surface area contributed by atoms with E-state index in [9.17, 15) is 9.59 Å². The molecule has 1 aromatic carbocycles. The molecule has 0 bridgehead atoms. The number of amides is 3. The van der Waals surface area contributed by atoms with E-state index in [1.807, 2.05) is 18.2 Å². The van der Waals surface area contributed by atoms with Crippen LogP contribution in [0.3, 0.4) is 0 Å². The van der Waals surface area contributed by atoms with Crippen LogP contribution in [0.4, 0.5) is 10.5 Å². The minimum absolute atomic E-state index is 0.130. The van der Waals surface area contributed by atoms with E-state index in [2.05, 4.69) is 16.0 Å². The first-order valence-corrected chi connectivity index (χ1v) is 7.23. The van der Waals surface area contributed by atoms with E-state index < -0.39 is 6.10 Å². The van der Waals surface area contributed by atoms with Crippen LogP contribution in [0.5, 0.6) is 0 Å².